The van der Waals surface area contributed by atoms with Crippen LogP contribution >= 0.6 is 11.8 Å². The van der Waals surface area contributed by atoms with Crippen molar-refractivity contribution < 1.29 is 22.7 Å². The summed E-state index contributed by atoms with van der Waals surface area (Å²) in [5, 5.41) is 10.4. The van der Waals surface area contributed by atoms with Crippen LogP contribution in [0.15, 0.2) is 58.2 Å². The molecule has 0 radical (unpaired) electrons. The fraction of sp³-hybridized carbons (Fsp3) is 0.250. The fourth-order valence-electron chi connectivity index (χ4n) is 2.40. The van der Waals surface area contributed by atoms with Crippen LogP contribution in [0.3, 0.4) is 0 Å². The maximum atomic E-state index is 13.0. The Bertz CT molecular complexity index is 948. The summed E-state index contributed by atoms with van der Waals surface area (Å²) in [5.41, 5.74) is 0.503. The van der Waals surface area contributed by atoms with E-state index in [2.05, 4.69) is 15.5 Å². The van der Waals surface area contributed by atoms with Crippen LogP contribution in [-0.2, 0) is 4.79 Å². The van der Waals surface area contributed by atoms with Gasteiger partial charge in [-0.05, 0) is 61.9 Å². The van der Waals surface area contributed by atoms with E-state index in [1.165, 1.54) is 48.5 Å². The molecule has 0 aliphatic heterocycles. The molecule has 0 saturated carbocycles. The molecule has 1 aromatic heterocycles. The maximum Gasteiger partial charge on any atom is 0.277 e. The van der Waals surface area contributed by atoms with Gasteiger partial charge in [-0.15, -0.1) is 10.2 Å². The largest absolute Gasteiger partial charge is 0.481 e. The highest BCUT2D eigenvalue weighted by Gasteiger charge is 2.23. The second-order valence-corrected chi connectivity index (χ2v) is 7.29. The van der Waals surface area contributed by atoms with Gasteiger partial charge in [0, 0.05) is 5.69 Å². The van der Waals surface area contributed by atoms with Crippen molar-refractivity contribution in [2.45, 2.75) is 36.8 Å². The first-order valence-corrected chi connectivity index (χ1v) is 9.81. The second kappa shape index (κ2) is 9.51. The van der Waals surface area contributed by atoms with Gasteiger partial charge in [0.1, 0.15) is 17.4 Å². The Morgan fingerprint density at radius 3 is 2.34 bits per heavy atom. The molecule has 0 unspecified atom stereocenters. The number of amides is 1. The first kappa shape index (κ1) is 20.8. The molecule has 3 rings (SSSR count). The molecule has 9 heteroatoms. The number of aromatic nitrogens is 2. The Kier molecular flexibility index (Phi) is 6.82. The fourth-order valence-corrected chi connectivity index (χ4v) is 3.20. The van der Waals surface area contributed by atoms with E-state index in [9.17, 15) is 13.6 Å². The average molecular weight is 419 g/mol. The zero-order valence-corrected chi connectivity index (χ0v) is 16.6. The Hall–Kier alpha value is -2.94. The Morgan fingerprint density at radius 2 is 1.72 bits per heavy atom. The highest BCUT2D eigenvalue weighted by Crippen LogP contribution is 2.28. The number of nitrogens with one attached hydrogen (secondary N) is 1. The van der Waals surface area contributed by atoms with Crippen LogP contribution in [0.1, 0.15) is 32.3 Å². The van der Waals surface area contributed by atoms with Gasteiger partial charge in [0.05, 0.1) is 5.25 Å². The summed E-state index contributed by atoms with van der Waals surface area (Å²) in [6.07, 6.45) is -0.0211. The van der Waals surface area contributed by atoms with E-state index in [0.717, 1.165) is 11.8 Å². The van der Waals surface area contributed by atoms with Gasteiger partial charge in [-0.1, -0.05) is 18.7 Å². The first-order chi connectivity index (χ1) is 13.9. The molecule has 0 aliphatic rings. The Morgan fingerprint density at radius 1 is 1.10 bits per heavy atom. The van der Waals surface area contributed by atoms with Crippen molar-refractivity contribution in [3.8, 4) is 5.75 Å². The third kappa shape index (κ3) is 5.77. The quantitative estimate of drug-likeness (QED) is 0.518. The molecule has 0 spiro atoms. The number of benzene rings is 2. The lowest BCUT2D eigenvalue weighted by Gasteiger charge is -2.13. The Balaban J connectivity index is 1.60. The molecule has 0 fully saturated rings. The number of hydrogen-bond donors (Lipinski definition) is 1. The summed E-state index contributed by atoms with van der Waals surface area (Å²) >= 11 is 1.13. The van der Waals surface area contributed by atoms with E-state index >= 15 is 0 Å². The van der Waals surface area contributed by atoms with E-state index < -0.39 is 11.4 Å². The van der Waals surface area contributed by atoms with Crippen LogP contribution in [0.4, 0.5) is 14.5 Å². The second-order valence-electron chi connectivity index (χ2n) is 6.13. The van der Waals surface area contributed by atoms with Gasteiger partial charge in [0.2, 0.25) is 5.91 Å². The minimum Gasteiger partial charge on any atom is -0.481 e. The molecule has 2 atom stereocenters. The lowest BCUT2D eigenvalue weighted by molar-refractivity contribution is -0.115. The number of carbonyl (C=O) groups is 1. The van der Waals surface area contributed by atoms with Gasteiger partial charge in [0.15, 0.2) is 6.10 Å². The van der Waals surface area contributed by atoms with Gasteiger partial charge >= 0.3 is 0 Å². The molecule has 6 nitrogen and oxygen atoms in total. The minimum absolute atomic E-state index is 0.232. The lowest BCUT2D eigenvalue weighted by atomic mass is 10.2. The minimum atomic E-state index is -0.546. The lowest BCUT2D eigenvalue weighted by Crippen LogP contribution is -2.24. The maximum absolute atomic E-state index is 13.0. The Labute approximate surface area is 170 Å². The number of hydrogen-bond acceptors (Lipinski definition) is 6. The standard InChI is InChI=1S/C20H19F2N3O3S/c1-3-17(18(26)23-15-8-4-13(21)5-9-15)29-20-25-24-19(28-20)12(2)27-16-10-6-14(22)7-11-16/h4-12,17H,3H2,1-2H3,(H,23,26)/t12-,17+/m0/s1. The smallest absolute Gasteiger partial charge is 0.277 e. The van der Waals surface area contributed by atoms with Crippen molar-refractivity contribution >= 4 is 23.4 Å². The number of thioether (sulfide) groups is 1. The van der Waals surface area contributed by atoms with E-state index in [0.29, 0.717) is 17.9 Å². The monoisotopic (exact) mass is 419 g/mol. The van der Waals surface area contributed by atoms with Gasteiger partial charge in [-0.2, -0.15) is 0 Å². The van der Waals surface area contributed by atoms with Gasteiger partial charge < -0.3 is 14.5 Å². The van der Waals surface area contributed by atoms with Crippen LogP contribution in [0, 0.1) is 11.6 Å². The number of rotatable bonds is 8. The van der Waals surface area contributed by atoms with Crippen molar-refractivity contribution in [2.75, 3.05) is 5.32 Å². The van der Waals surface area contributed by atoms with Crippen molar-refractivity contribution in [3.05, 3.63) is 66.1 Å². The van der Waals surface area contributed by atoms with Gasteiger partial charge in [-0.3, -0.25) is 4.79 Å². The summed E-state index contributed by atoms with van der Waals surface area (Å²) in [6.45, 7) is 3.59. The van der Waals surface area contributed by atoms with Gasteiger partial charge in [0.25, 0.3) is 11.1 Å². The average Bonchev–Trinajstić information content (AvgIpc) is 3.18. The summed E-state index contributed by atoms with van der Waals surface area (Å²) in [5.74, 6) is -0.271. The molecule has 152 valence electrons. The van der Waals surface area contributed by atoms with Crippen LogP contribution in [0.5, 0.6) is 5.75 Å². The van der Waals surface area contributed by atoms with Crippen molar-refractivity contribution in [1.82, 2.24) is 10.2 Å². The van der Waals surface area contributed by atoms with Crippen molar-refractivity contribution in [2.24, 2.45) is 0 Å². The summed E-state index contributed by atoms with van der Waals surface area (Å²) in [4.78, 5) is 12.5. The number of nitrogens with zero attached hydrogens (tertiary/aromatic N) is 2. The van der Waals surface area contributed by atoms with E-state index in [4.69, 9.17) is 9.15 Å². The van der Waals surface area contributed by atoms with Gasteiger partial charge in [-0.25, -0.2) is 8.78 Å². The zero-order chi connectivity index (χ0) is 20.8. The zero-order valence-electron chi connectivity index (χ0n) is 15.8. The molecule has 0 bridgehead atoms. The number of ether oxygens (including phenoxy) is 1. The first-order valence-electron chi connectivity index (χ1n) is 8.93. The van der Waals surface area contributed by atoms with Crippen LogP contribution in [-0.4, -0.2) is 21.4 Å². The van der Waals surface area contributed by atoms with E-state index in [1.807, 2.05) is 6.92 Å². The van der Waals surface area contributed by atoms with E-state index in [-0.39, 0.29) is 28.7 Å². The summed E-state index contributed by atoms with van der Waals surface area (Å²) < 4.78 is 37.2. The highest BCUT2D eigenvalue weighted by atomic mass is 32.2. The van der Waals surface area contributed by atoms with Crippen molar-refractivity contribution in [3.63, 3.8) is 0 Å². The molecule has 1 amide bonds. The highest BCUT2D eigenvalue weighted by molar-refractivity contribution is 8.00. The topological polar surface area (TPSA) is 77.2 Å². The molecule has 3 aromatic rings. The SMILES string of the molecule is CC[C@@H](Sc1nnc([C@H](C)Oc2ccc(F)cc2)o1)C(=O)Nc1ccc(F)cc1. The number of carbonyl (C=O) groups excluding carboxylic acids is 1. The van der Waals surface area contributed by atoms with Crippen molar-refractivity contribution in [1.29, 1.82) is 0 Å². The molecule has 29 heavy (non-hydrogen) atoms. The molecular weight excluding hydrogens is 400 g/mol. The summed E-state index contributed by atoms with van der Waals surface area (Å²) in [7, 11) is 0. The summed E-state index contributed by atoms with van der Waals surface area (Å²) in [6, 6.07) is 11.1. The van der Waals surface area contributed by atoms with Crippen LogP contribution in [0.2, 0.25) is 0 Å². The molecule has 1 N–H and O–H groups in total. The third-order valence-corrected chi connectivity index (χ3v) is 5.11. The normalized spacial score (nSPS) is 13.0. The number of anilines is 1. The molecular formula is C20H19F2N3O3S. The third-order valence-electron chi connectivity index (χ3n) is 3.91. The molecule has 1 heterocycles. The predicted molar refractivity (Wildman–Crippen MR) is 105 cm³/mol. The molecule has 0 aliphatic carbocycles. The number of halogens is 2. The van der Waals surface area contributed by atoms with Crippen LogP contribution < -0.4 is 10.1 Å². The molecule has 2 aromatic carbocycles. The molecule has 0 saturated heterocycles. The van der Waals surface area contributed by atoms with Crippen LogP contribution in [0.25, 0.3) is 0 Å². The predicted octanol–water partition coefficient (Wildman–Crippen LogP) is 5.00. The van der Waals surface area contributed by atoms with E-state index in [1.54, 1.807) is 6.92 Å².